The standard InChI is InChI=1S/C26H28N4O4/c31-24(27-23-11-4-1-6-19(23)17-29-12-14-34-15-13-29)18-7-5-8-20(16-18)30-26(33)22-10-3-2-9-21(22)25(32)28-30/h1-8,11,16,21-22H,9-10,12-15,17H2,(H,27,31)(H,28,32). The van der Waals surface area contributed by atoms with E-state index in [1.165, 1.54) is 5.01 Å². The molecule has 2 saturated heterocycles. The van der Waals surface area contributed by atoms with Crippen molar-refractivity contribution in [3.05, 3.63) is 71.8 Å². The molecular weight excluding hydrogens is 432 g/mol. The summed E-state index contributed by atoms with van der Waals surface area (Å²) >= 11 is 0. The van der Waals surface area contributed by atoms with Gasteiger partial charge in [0.1, 0.15) is 0 Å². The first-order chi connectivity index (χ1) is 16.6. The van der Waals surface area contributed by atoms with Crippen molar-refractivity contribution >= 4 is 29.1 Å². The zero-order valence-electron chi connectivity index (χ0n) is 18.9. The number of hydrogen-bond donors (Lipinski definition) is 2. The van der Waals surface area contributed by atoms with Crippen molar-refractivity contribution in [2.75, 3.05) is 36.6 Å². The van der Waals surface area contributed by atoms with Crippen LogP contribution in [-0.2, 0) is 20.9 Å². The highest BCUT2D eigenvalue weighted by molar-refractivity contribution is 6.07. The number of hydrogen-bond acceptors (Lipinski definition) is 5. The van der Waals surface area contributed by atoms with Crippen LogP contribution in [0.1, 0.15) is 28.8 Å². The number of hydrazine groups is 1. The number of benzene rings is 2. The van der Waals surface area contributed by atoms with Gasteiger partial charge in [-0.3, -0.25) is 24.7 Å². The van der Waals surface area contributed by atoms with E-state index in [-0.39, 0.29) is 29.6 Å². The van der Waals surface area contributed by atoms with Gasteiger partial charge in [0.15, 0.2) is 0 Å². The maximum atomic E-state index is 13.1. The van der Waals surface area contributed by atoms with E-state index in [0.717, 1.165) is 30.9 Å². The summed E-state index contributed by atoms with van der Waals surface area (Å²) in [5.41, 5.74) is 5.38. The number of anilines is 2. The summed E-state index contributed by atoms with van der Waals surface area (Å²) in [6, 6.07) is 14.5. The number of nitrogens with zero attached hydrogens (tertiary/aromatic N) is 2. The summed E-state index contributed by atoms with van der Waals surface area (Å²) in [6.07, 6.45) is 5.02. The topological polar surface area (TPSA) is 91.0 Å². The quantitative estimate of drug-likeness (QED) is 0.670. The van der Waals surface area contributed by atoms with Crippen LogP contribution in [0, 0.1) is 11.8 Å². The Labute approximate surface area is 198 Å². The first kappa shape index (κ1) is 22.3. The molecule has 0 radical (unpaired) electrons. The molecule has 2 aromatic rings. The van der Waals surface area contributed by atoms with E-state index in [4.69, 9.17) is 4.74 Å². The van der Waals surface area contributed by atoms with Gasteiger partial charge in [-0.15, -0.1) is 0 Å². The average Bonchev–Trinajstić information content (AvgIpc) is 2.88. The molecule has 8 nitrogen and oxygen atoms in total. The maximum Gasteiger partial charge on any atom is 0.255 e. The van der Waals surface area contributed by atoms with Crippen LogP contribution in [0.2, 0.25) is 0 Å². The van der Waals surface area contributed by atoms with Gasteiger partial charge in [0, 0.05) is 30.9 Å². The predicted molar refractivity (Wildman–Crippen MR) is 128 cm³/mol. The lowest BCUT2D eigenvalue weighted by molar-refractivity contribution is -0.139. The largest absolute Gasteiger partial charge is 0.379 e. The molecule has 2 unspecified atom stereocenters. The monoisotopic (exact) mass is 460 g/mol. The molecule has 3 aliphatic rings. The molecule has 1 aliphatic carbocycles. The molecule has 2 aromatic carbocycles. The molecule has 2 heterocycles. The van der Waals surface area contributed by atoms with Crippen molar-refractivity contribution in [1.82, 2.24) is 10.3 Å². The van der Waals surface area contributed by atoms with Gasteiger partial charge in [0.2, 0.25) is 11.8 Å². The Hall–Kier alpha value is -3.49. The molecule has 0 bridgehead atoms. The van der Waals surface area contributed by atoms with Crippen LogP contribution in [0.5, 0.6) is 0 Å². The minimum atomic E-state index is -0.372. The summed E-state index contributed by atoms with van der Waals surface area (Å²) in [7, 11) is 0. The van der Waals surface area contributed by atoms with E-state index in [1.54, 1.807) is 24.3 Å². The van der Waals surface area contributed by atoms with Gasteiger partial charge in [-0.25, -0.2) is 5.01 Å². The van der Waals surface area contributed by atoms with Crippen molar-refractivity contribution in [1.29, 1.82) is 0 Å². The molecular formula is C26H28N4O4. The number of fused-ring (bicyclic) bond motifs is 1. The Morgan fingerprint density at radius 1 is 1.00 bits per heavy atom. The number of amides is 3. The molecule has 2 fully saturated rings. The average molecular weight is 461 g/mol. The van der Waals surface area contributed by atoms with E-state index in [1.807, 2.05) is 36.4 Å². The summed E-state index contributed by atoms with van der Waals surface area (Å²) < 4.78 is 5.43. The molecule has 3 amide bonds. The highest BCUT2D eigenvalue weighted by atomic mass is 16.5. The molecule has 0 aromatic heterocycles. The number of carbonyl (C=O) groups excluding carboxylic acids is 3. The summed E-state index contributed by atoms with van der Waals surface area (Å²) in [4.78, 5) is 41.1. The Morgan fingerprint density at radius 2 is 1.76 bits per heavy atom. The summed E-state index contributed by atoms with van der Waals surface area (Å²) in [5.74, 6) is -1.29. The Bertz CT molecular complexity index is 1130. The van der Waals surface area contributed by atoms with Crippen molar-refractivity contribution < 1.29 is 19.1 Å². The number of nitrogens with one attached hydrogen (secondary N) is 2. The molecule has 5 rings (SSSR count). The second-order valence-corrected chi connectivity index (χ2v) is 8.86. The number of para-hydroxylation sites is 1. The molecule has 2 aliphatic heterocycles. The number of carbonyl (C=O) groups is 3. The second kappa shape index (κ2) is 9.79. The Morgan fingerprint density at radius 3 is 2.59 bits per heavy atom. The molecule has 0 spiro atoms. The fourth-order valence-corrected chi connectivity index (χ4v) is 4.74. The van der Waals surface area contributed by atoms with Crippen LogP contribution in [0.3, 0.4) is 0 Å². The van der Waals surface area contributed by atoms with E-state index in [2.05, 4.69) is 15.6 Å². The fraction of sp³-hybridized carbons (Fsp3) is 0.346. The number of allylic oxidation sites excluding steroid dienone is 2. The van der Waals surface area contributed by atoms with E-state index < -0.39 is 0 Å². The maximum absolute atomic E-state index is 13.1. The van der Waals surface area contributed by atoms with Crippen molar-refractivity contribution in [3.8, 4) is 0 Å². The van der Waals surface area contributed by atoms with Crippen molar-refractivity contribution in [2.24, 2.45) is 11.8 Å². The molecule has 2 N–H and O–H groups in total. The zero-order valence-corrected chi connectivity index (χ0v) is 18.9. The lowest BCUT2D eigenvalue weighted by atomic mass is 9.80. The van der Waals surface area contributed by atoms with E-state index in [9.17, 15) is 14.4 Å². The van der Waals surface area contributed by atoms with E-state index >= 15 is 0 Å². The highest BCUT2D eigenvalue weighted by Gasteiger charge is 2.42. The van der Waals surface area contributed by atoms with Gasteiger partial charge in [0.25, 0.3) is 5.91 Å². The number of morpholine rings is 1. The van der Waals surface area contributed by atoms with E-state index in [0.29, 0.717) is 37.3 Å². The molecule has 0 saturated carbocycles. The third-order valence-corrected chi connectivity index (χ3v) is 6.66. The van der Waals surface area contributed by atoms with Crippen LogP contribution in [0.4, 0.5) is 11.4 Å². The first-order valence-corrected chi connectivity index (χ1v) is 11.7. The minimum absolute atomic E-state index is 0.151. The van der Waals surface area contributed by atoms with Gasteiger partial charge >= 0.3 is 0 Å². The molecule has 34 heavy (non-hydrogen) atoms. The smallest absolute Gasteiger partial charge is 0.255 e. The highest BCUT2D eigenvalue weighted by Crippen LogP contribution is 2.32. The Balaban J connectivity index is 1.32. The van der Waals surface area contributed by atoms with Gasteiger partial charge < -0.3 is 10.1 Å². The van der Waals surface area contributed by atoms with Crippen LogP contribution in [-0.4, -0.2) is 48.9 Å². The van der Waals surface area contributed by atoms with Gasteiger partial charge in [-0.2, -0.15) is 0 Å². The molecule has 2 atom stereocenters. The lowest BCUT2D eigenvalue weighted by Crippen LogP contribution is -2.59. The summed E-state index contributed by atoms with van der Waals surface area (Å²) in [5, 5.41) is 4.30. The summed E-state index contributed by atoms with van der Waals surface area (Å²) in [6.45, 7) is 3.87. The third kappa shape index (κ3) is 4.60. The lowest BCUT2D eigenvalue weighted by Gasteiger charge is -2.38. The second-order valence-electron chi connectivity index (χ2n) is 8.86. The molecule has 8 heteroatoms. The van der Waals surface area contributed by atoms with Crippen molar-refractivity contribution in [2.45, 2.75) is 19.4 Å². The SMILES string of the molecule is O=C(Nc1ccccc1CN1CCOCC1)c1cccc(N2NC(=O)C3CC=CCC3C2=O)c1. The van der Waals surface area contributed by atoms with Gasteiger partial charge in [0.05, 0.1) is 30.7 Å². The van der Waals surface area contributed by atoms with Gasteiger partial charge in [-0.1, -0.05) is 36.4 Å². The van der Waals surface area contributed by atoms with Crippen LogP contribution in [0.25, 0.3) is 0 Å². The normalized spacial score (nSPS) is 22.8. The van der Waals surface area contributed by atoms with Crippen LogP contribution >= 0.6 is 0 Å². The zero-order chi connectivity index (χ0) is 23.5. The number of rotatable bonds is 5. The van der Waals surface area contributed by atoms with Crippen molar-refractivity contribution in [3.63, 3.8) is 0 Å². The van der Waals surface area contributed by atoms with Gasteiger partial charge in [-0.05, 0) is 42.7 Å². The number of ether oxygens (including phenoxy) is 1. The molecule has 176 valence electrons. The first-order valence-electron chi connectivity index (χ1n) is 11.7. The predicted octanol–water partition coefficient (Wildman–Crippen LogP) is 2.73. The van der Waals surface area contributed by atoms with Crippen LogP contribution < -0.4 is 15.8 Å². The third-order valence-electron chi connectivity index (χ3n) is 6.66. The fourth-order valence-electron chi connectivity index (χ4n) is 4.74. The minimum Gasteiger partial charge on any atom is -0.379 e. The van der Waals surface area contributed by atoms with Crippen LogP contribution in [0.15, 0.2) is 60.7 Å². The Kier molecular flexibility index (Phi) is 6.42.